The lowest BCUT2D eigenvalue weighted by Crippen LogP contribution is -2.48. The highest BCUT2D eigenvalue weighted by molar-refractivity contribution is 6.06. The Hall–Kier alpha value is -3.48. The highest BCUT2D eigenvalue weighted by atomic mass is 16.5. The first kappa shape index (κ1) is 18.9. The van der Waals surface area contributed by atoms with Gasteiger partial charge in [-0.1, -0.05) is 6.07 Å². The minimum atomic E-state index is -0.203. The van der Waals surface area contributed by atoms with Crippen molar-refractivity contribution in [2.45, 2.75) is 6.92 Å². The van der Waals surface area contributed by atoms with Crippen LogP contribution in [0.15, 0.2) is 48.5 Å². The lowest BCUT2D eigenvalue weighted by Gasteiger charge is -2.35. The molecule has 150 valence electrons. The molecule has 2 N–H and O–H groups in total. The van der Waals surface area contributed by atoms with Crippen LogP contribution in [0.3, 0.4) is 0 Å². The van der Waals surface area contributed by atoms with E-state index >= 15 is 0 Å². The molecular weight excluding hydrogens is 368 g/mol. The number of aromatic amines is 1. The zero-order valence-electron chi connectivity index (χ0n) is 16.6. The van der Waals surface area contributed by atoms with Gasteiger partial charge in [-0.05, 0) is 42.5 Å². The Kier molecular flexibility index (Phi) is 5.12. The zero-order chi connectivity index (χ0) is 20.4. The maximum absolute atomic E-state index is 12.6. The average Bonchev–Trinajstić information content (AvgIpc) is 3.19. The van der Waals surface area contributed by atoms with Crippen molar-refractivity contribution in [3.8, 4) is 5.75 Å². The van der Waals surface area contributed by atoms with Crippen molar-refractivity contribution in [2.24, 2.45) is 0 Å². The smallest absolute Gasteiger partial charge is 0.272 e. The lowest BCUT2D eigenvalue weighted by atomic mass is 10.2. The molecule has 3 aromatic rings. The third kappa shape index (κ3) is 3.89. The van der Waals surface area contributed by atoms with E-state index < -0.39 is 0 Å². The number of fused-ring (bicyclic) bond motifs is 1. The number of piperazine rings is 1. The number of methoxy groups -OCH3 is 1. The maximum atomic E-state index is 12.6. The summed E-state index contributed by atoms with van der Waals surface area (Å²) in [4.78, 5) is 31.3. The van der Waals surface area contributed by atoms with E-state index in [4.69, 9.17) is 4.74 Å². The molecule has 7 heteroatoms. The Morgan fingerprint density at radius 2 is 1.76 bits per heavy atom. The van der Waals surface area contributed by atoms with Gasteiger partial charge in [0.05, 0.1) is 7.11 Å². The maximum Gasteiger partial charge on any atom is 0.272 e. The zero-order valence-corrected chi connectivity index (χ0v) is 16.6. The number of nitrogens with one attached hydrogen (secondary N) is 2. The highest BCUT2D eigenvalue weighted by Crippen LogP contribution is 2.26. The molecule has 0 atom stereocenters. The number of anilines is 2. The van der Waals surface area contributed by atoms with Crippen LogP contribution in [0.4, 0.5) is 11.4 Å². The van der Waals surface area contributed by atoms with Gasteiger partial charge in [-0.3, -0.25) is 9.59 Å². The van der Waals surface area contributed by atoms with Crippen LogP contribution in [0.2, 0.25) is 0 Å². The predicted octanol–water partition coefficient (Wildman–Crippen LogP) is 3.10. The number of aromatic nitrogens is 1. The standard InChI is InChI=1S/C22H24N4O3/c1-15(27)25-10-12-26(13-11-25)17-8-6-16(7-9-17)23-22(28)20-14-18-19(24-20)4-3-5-21(18)29-2/h3-9,14,24H,10-13H2,1-2H3,(H,23,28). The predicted molar refractivity (Wildman–Crippen MR) is 114 cm³/mol. The molecule has 1 aromatic heterocycles. The van der Waals surface area contributed by atoms with Gasteiger partial charge < -0.3 is 24.8 Å². The van der Waals surface area contributed by atoms with E-state index in [2.05, 4.69) is 15.2 Å². The van der Waals surface area contributed by atoms with Crippen LogP contribution in [-0.2, 0) is 4.79 Å². The van der Waals surface area contributed by atoms with Crippen LogP contribution >= 0.6 is 0 Å². The fourth-order valence-electron chi connectivity index (χ4n) is 3.66. The minimum absolute atomic E-state index is 0.123. The molecule has 1 fully saturated rings. The number of hydrogen-bond donors (Lipinski definition) is 2. The molecule has 0 aliphatic carbocycles. The van der Waals surface area contributed by atoms with E-state index in [0.717, 1.165) is 54.2 Å². The average molecular weight is 392 g/mol. The van der Waals surface area contributed by atoms with Crippen LogP contribution in [0.5, 0.6) is 5.75 Å². The molecular formula is C22H24N4O3. The fourth-order valence-corrected chi connectivity index (χ4v) is 3.66. The van der Waals surface area contributed by atoms with Crippen molar-refractivity contribution in [1.29, 1.82) is 0 Å². The molecule has 2 heterocycles. The molecule has 1 aliphatic rings. The number of benzene rings is 2. The van der Waals surface area contributed by atoms with Crippen molar-refractivity contribution >= 4 is 34.1 Å². The molecule has 7 nitrogen and oxygen atoms in total. The van der Waals surface area contributed by atoms with Crippen molar-refractivity contribution < 1.29 is 14.3 Å². The van der Waals surface area contributed by atoms with Gasteiger partial charge in [0.1, 0.15) is 11.4 Å². The highest BCUT2D eigenvalue weighted by Gasteiger charge is 2.19. The number of rotatable bonds is 4. The summed E-state index contributed by atoms with van der Waals surface area (Å²) in [7, 11) is 1.61. The molecule has 0 unspecified atom stereocenters. The van der Waals surface area contributed by atoms with Crippen LogP contribution in [0, 0.1) is 0 Å². The van der Waals surface area contributed by atoms with Gasteiger partial charge in [0.15, 0.2) is 0 Å². The fraction of sp³-hybridized carbons (Fsp3) is 0.273. The monoisotopic (exact) mass is 392 g/mol. The molecule has 2 aromatic carbocycles. The number of nitrogens with zero attached hydrogens (tertiary/aromatic N) is 2. The van der Waals surface area contributed by atoms with Gasteiger partial charge in [0, 0.05) is 55.4 Å². The van der Waals surface area contributed by atoms with E-state index in [1.165, 1.54) is 0 Å². The number of ether oxygens (including phenoxy) is 1. The van der Waals surface area contributed by atoms with Gasteiger partial charge in [0.2, 0.25) is 5.91 Å². The third-order valence-electron chi connectivity index (χ3n) is 5.30. The number of carbonyl (C=O) groups excluding carboxylic acids is 2. The van der Waals surface area contributed by atoms with Crippen LogP contribution in [0.1, 0.15) is 17.4 Å². The lowest BCUT2D eigenvalue weighted by molar-refractivity contribution is -0.129. The van der Waals surface area contributed by atoms with Crippen LogP contribution in [0.25, 0.3) is 10.9 Å². The van der Waals surface area contributed by atoms with E-state index in [1.807, 2.05) is 47.4 Å². The summed E-state index contributed by atoms with van der Waals surface area (Å²) in [5.74, 6) is 0.649. The molecule has 29 heavy (non-hydrogen) atoms. The molecule has 0 radical (unpaired) electrons. The molecule has 0 spiro atoms. The quantitative estimate of drug-likeness (QED) is 0.715. The van der Waals surface area contributed by atoms with Crippen molar-refractivity contribution in [1.82, 2.24) is 9.88 Å². The second-order valence-corrected chi connectivity index (χ2v) is 7.10. The Morgan fingerprint density at radius 1 is 1.03 bits per heavy atom. The van der Waals surface area contributed by atoms with Crippen LogP contribution < -0.4 is 15.0 Å². The van der Waals surface area contributed by atoms with Gasteiger partial charge in [-0.2, -0.15) is 0 Å². The topological polar surface area (TPSA) is 77.7 Å². The van der Waals surface area contributed by atoms with E-state index in [0.29, 0.717) is 5.69 Å². The summed E-state index contributed by atoms with van der Waals surface area (Å²) in [6.45, 7) is 4.69. The molecule has 1 aliphatic heterocycles. The summed E-state index contributed by atoms with van der Waals surface area (Å²) in [5, 5.41) is 3.80. The van der Waals surface area contributed by atoms with E-state index in [-0.39, 0.29) is 11.8 Å². The second kappa shape index (κ2) is 7.87. The van der Waals surface area contributed by atoms with Crippen molar-refractivity contribution in [3.63, 3.8) is 0 Å². The largest absolute Gasteiger partial charge is 0.496 e. The number of amides is 2. The van der Waals surface area contributed by atoms with E-state index in [9.17, 15) is 9.59 Å². The van der Waals surface area contributed by atoms with Gasteiger partial charge in [-0.25, -0.2) is 0 Å². The number of carbonyl (C=O) groups is 2. The summed E-state index contributed by atoms with van der Waals surface area (Å²) >= 11 is 0. The molecule has 4 rings (SSSR count). The first-order valence-corrected chi connectivity index (χ1v) is 9.63. The molecule has 0 bridgehead atoms. The molecule has 2 amide bonds. The minimum Gasteiger partial charge on any atom is -0.496 e. The second-order valence-electron chi connectivity index (χ2n) is 7.10. The number of H-pyrrole nitrogens is 1. The first-order valence-electron chi connectivity index (χ1n) is 9.63. The summed E-state index contributed by atoms with van der Waals surface area (Å²) in [6, 6.07) is 15.2. The SMILES string of the molecule is COc1cccc2[nH]c(C(=O)Nc3ccc(N4CCN(C(C)=O)CC4)cc3)cc12. The molecule has 1 saturated heterocycles. The van der Waals surface area contributed by atoms with Gasteiger partial charge >= 0.3 is 0 Å². The number of hydrogen-bond acceptors (Lipinski definition) is 4. The Bertz CT molecular complexity index is 1030. The first-order chi connectivity index (χ1) is 14.0. The Balaban J connectivity index is 1.42. The van der Waals surface area contributed by atoms with Gasteiger partial charge in [-0.15, -0.1) is 0 Å². The summed E-state index contributed by atoms with van der Waals surface area (Å²) in [6.07, 6.45) is 0. The van der Waals surface area contributed by atoms with E-state index in [1.54, 1.807) is 20.1 Å². The Morgan fingerprint density at radius 3 is 2.41 bits per heavy atom. The Labute approximate surface area is 169 Å². The third-order valence-corrected chi connectivity index (χ3v) is 5.30. The van der Waals surface area contributed by atoms with Crippen molar-refractivity contribution in [2.75, 3.05) is 43.5 Å². The van der Waals surface area contributed by atoms with Crippen molar-refractivity contribution in [3.05, 3.63) is 54.2 Å². The van der Waals surface area contributed by atoms with Crippen LogP contribution in [-0.4, -0.2) is 55.0 Å². The summed E-state index contributed by atoms with van der Waals surface area (Å²) < 4.78 is 5.35. The summed E-state index contributed by atoms with van der Waals surface area (Å²) in [5.41, 5.74) is 3.15. The molecule has 0 saturated carbocycles. The normalized spacial score (nSPS) is 14.1. The van der Waals surface area contributed by atoms with Gasteiger partial charge in [0.25, 0.3) is 5.91 Å².